The molecule has 2 heterocycles. The highest BCUT2D eigenvalue weighted by molar-refractivity contribution is 7.88. The fraction of sp³-hybridized carbons (Fsp3) is 0.462. The highest BCUT2D eigenvalue weighted by Crippen LogP contribution is 2.25. The Morgan fingerprint density at radius 1 is 1.40 bits per heavy atom. The summed E-state index contributed by atoms with van der Waals surface area (Å²) < 4.78 is 31.9. The number of nitrogens with zero attached hydrogens (tertiary/aromatic N) is 2. The van der Waals surface area contributed by atoms with Crippen LogP contribution in [0.3, 0.4) is 0 Å². The van der Waals surface area contributed by atoms with E-state index in [1.54, 1.807) is 24.3 Å². The second-order valence-electron chi connectivity index (χ2n) is 5.05. The molecule has 1 fully saturated rings. The molecule has 0 radical (unpaired) electrons. The topological polar surface area (TPSA) is 89.4 Å². The molecule has 1 aliphatic rings. The lowest BCUT2D eigenvalue weighted by Gasteiger charge is -2.29. The third-order valence-corrected chi connectivity index (χ3v) is 5.28. The molecule has 0 saturated carbocycles. The van der Waals surface area contributed by atoms with Crippen LogP contribution in [0.2, 0.25) is 0 Å². The van der Waals surface area contributed by atoms with Crippen LogP contribution in [-0.2, 0) is 10.0 Å². The van der Waals surface area contributed by atoms with Gasteiger partial charge in [0.2, 0.25) is 0 Å². The molecular weight excluding hydrogens is 278 g/mol. The van der Waals surface area contributed by atoms with Crippen molar-refractivity contribution < 1.29 is 12.8 Å². The standard InChI is InChI=1S/C13H17N3O3S/c14-8-10-4-3-7-16(9-10)20(17,18)13-15-11-5-1-2-6-12(11)19-13/h1-2,5-6,10H,3-4,7-9,14H2/t10-/m1/s1. The number of oxazole rings is 1. The molecule has 1 aromatic heterocycles. The molecule has 1 atom stereocenters. The highest BCUT2D eigenvalue weighted by Gasteiger charge is 2.33. The maximum atomic E-state index is 12.5. The summed E-state index contributed by atoms with van der Waals surface area (Å²) in [6, 6.07) is 7.03. The molecule has 3 rings (SSSR count). The molecule has 2 aromatic rings. The smallest absolute Gasteiger partial charge is 0.332 e. The normalized spacial score (nSPS) is 21.4. The van der Waals surface area contributed by atoms with Crippen molar-refractivity contribution in [3.63, 3.8) is 0 Å². The third kappa shape index (κ3) is 2.32. The first-order valence-electron chi connectivity index (χ1n) is 6.67. The van der Waals surface area contributed by atoms with Gasteiger partial charge in [-0.1, -0.05) is 12.1 Å². The summed E-state index contributed by atoms with van der Waals surface area (Å²) in [6.45, 7) is 1.44. The van der Waals surface area contributed by atoms with E-state index in [4.69, 9.17) is 10.2 Å². The number of para-hydroxylation sites is 2. The van der Waals surface area contributed by atoms with Crippen LogP contribution in [0.15, 0.2) is 33.9 Å². The maximum Gasteiger partial charge on any atom is 0.332 e. The van der Waals surface area contributed by atoms with Crippen molar-refractivity contribution in [2.24, 2.45) is 11.7 Å². The van der Waals surface area contributed by atoms with Gasteiger partial charge in [0, 0.05) is 13.1 Å². The minimum atomic E-state index is -3.67. The average Bonchev–Trinajstić information content (AvgIpc) is 2.92. The van der Waals surface area contributed by atoms with E-state index in [0.717, 1.165) is 12.8 Å². The Bertz CT molecular complexity index is 677. The van der Waals surface area contributed by atoms with E-state index in [2.05, 4.69) is 4.98 Å². The Labute approximate surface area is 117 Å². The minimum Gasteiger partial charge on any atom is -0.427 e. The third-order valence-electron chi connectivity index (χ3n) is 3.65. The molecular formula is C13H17N3O3S. The van der Waals surface area contributed by atoms with Crippen LogP contribution in [0, 0.1) is 5.92 Å². The van der Waals surface area contributed by atoms with Crippen LogP contribution in [0.5, 0.6) is 0 Å². The molecule has 0 spiro atoms. The van der Waals surface area contributed by atoms with Crippen molar-refractivity contribution >= 4 is 21.1 Å². The zero-order valence-electron chi connectivity index (χ0n) is 11.0. The van der Waals surface area contributed by atoms with Gasteiger partial charge in [-0.3, -0.25) is 0 Å². The summed E-state index contributed by atoms with van der Waals surface area (Å²) >= 11 is 0. The summed E-state index contributed by atoms with van der Waals surface area (Å²) in [5.41, 5.74) is 6.69. The fourth-order valence-corrected chi connectivity index (χ4v) is 3.92. The summed E-state index contributed by atoms with van der Waals surface area (Å²) in [4.78, 5) is 4.08. The minimum absolute atomic E-state index is 0.211. The number of fused-ring (bicyclic) bond motifs is 1. The van der Waals surface area contributed by atoms with E-state index in [1.165, 1.54) is 4.31 Å². The van der Waals surface area contributed by atoms with Gasteiger partial charge in [-0.05, 0) is 37.4 Å². The van der Waals surface area contributed by atoms with Crippen molar-refractivity contribution in [3.8, 4) is 0 Å². The molecule has 0 bridgehead atoms. The summed E-state index contributed by atoms with van der Waals surface area (Å²) in [6.07, 6.45) is 1.79. The van der Waals surface area contributed by atoms with Crippen molar-refractivity contribution in [1.29, 1.82) is 0 Å². The van der Waals surface area contributed by atoms with Gasteiger partial charge < -0.3 is 10.2 Å². The number of benzene rings is 1. The van der Waals surface area contributed by atoms with Gasteiger partial charge in [-0.25, -0.2) is 8.42 Å². The van der Waals surface area contributed by atoms with Crippen LogP contribution in [0.1, 0.15) is 12.8 Å². The summed E-state index contributed by atoms with van der Waals surface area (Å²) in [5.74, 6) is 0.211. The van der Waals surface area contributed by atoms with Crippen LogP contribution in [0.4, 0.5) is 0 Å². The first-order valence-corrected chi connectivity index (χ1v) is 8.11. The lowest BCUT2D eigenvalue weighted by Crippen LogP contribution is -2.42. The molecule has 0 unspecified atom stereocenters. The SMILES string of the molecule is NC[C@H]1CCCN(S(=O)(=O)c2nc3ccccc3o2)C1. The monoisotopic (exact) mass is 295 g/mol. The molecule has 2 N–H and O–H groups in total. The Hall–Kier alpha value is -1.44. The molecule has 108 valence electrons. The number of aromatic nitrogens is 1. The zero-order valence-corrected chi connectivity index (χ0v) is 11.8. The maximum absolute atomic E-state index is 12.5. The van der Waals surface area contributed by atoms with E-state index in [1.807, 2.05) is 0 Å². The van der Waals surface area contributed by atoms with Gasteiger partial charge in [0.25, 0.3) is 10.0 Å². The molecule has 0 aliphatic carbocycles. The molecule has 7 heteroatoms. The molecule has 1 aromatic carbocycles. The van der Waals surface area contributed by atoms with E-state index < -0.39 is 10.0 Å². The number of rotatable bonds is 3. The average molecular weight is 295 g/mol. The quantitative estimate of drug-likeness (QED) is 0.918. The first kappa shape index (κ1) is 13.5. The van der Waals surface area contributed by atoms with Crippen LogP contribution in [0.25, 0.3) is 11.1 Å². The van der Waals surface area contributed by atoms with E-state index in [0.29, 0.717) is 30.7 Å². The summed E-state index contributed by atoms with van der Waals surface area (Å²) in [7, 11) is -3.67. The Kier molecular flexibility index (Phi) is 3.49. The predicted molar refractivity (Wildman–Crippen MR) is 74.5 cm³/mol. The van der Waals surface area contributed by atoms with Crippen LogP contribution in [-0.4, -0.2) is 37.3 Å². The zero-order chi connectivity index (χ0) is 14.2. The first-order chi connectivity index (χ1) is 9.61. The van der Waals surface area contributed by atoms with E-state index in [9.17, 15) is 8.42 Å². The fourth-order valence-electron chi connectivity index (χ4n) is 2.51. The highest BCUT2D eigenvalue weighted by atomic mass is 32.2. The summed E-state index contributed by atoms with van der Waals surface area (Å²) in [5, 5.41) is -0.226. The van der Waals surface area contributed by atoms with Gasteiger partial charge in [-0.15, -0.1) is 0 Å². The Morgan fingerprint density at radius 2 is 2.20 bits per heavy atom. The number of piperidine rings is 1. The van der Waals surface area contributed by atoms with Crippen molar-refractivity contribution in [2.45, 2.75) is 18.1 Å². The Balaban J connectivity index is 1.94. The number of hydrogen-bond acceptors (Lipinski definition) is 5. The largest absolute Gasteiger partial charge is 0.427 e. The van der Waals surface area contributed by atoms with Gasteiger partial charge >= 0.3 is 5.22 Å². The van der Waals surface area contributed by atoms with Crippen molar-refractivity contribution in [1.82, 2.24) is 9.29 Å². The van der Waals surface area contributed by atoms with Gasteiger partial charge in [-0.2, -0.15) is 9.29 Å². The number of nitrogens with two attached hydrogens (primary N) is 1. The number of sulfonamides is 1. The molecule has 1 aliphatic heterocycles. The van der Waals surface area contributed by atoms with Crippen LogP contribution < -0.4 is 5.73 Å². The molecule has 0 amide bonds. The lowest BCUT2D eigenvalue weighted by molar-refractivity contribution is 0.265. The van der Waals surface area contributed by atoms with Gasteiger partial charge in [0.1, 0.15) is 5.52 Å². The van der Waals surface area contributed by atoms with Gasteiger partial charge in [0.15, 0.2) is 5.58 Å². The second kappa shape index (κ2) is 5.16. The second-order valence-corrected chi connectivity index (χ2v) is 6.87. The van der Waals surface area contributed by atoms with Crippen molar-refractivity contribution in [3.05, 3.63) is 24.3 Å². The Morgan fingerprint density at radius 3 is 2.95 bits per heavy atom. The predicted octanol–water partition coefficient (Wildman–Crippen LogP) is 1.19. The molecule has 1 saturated heterocycles. The van der Waals surface area contributed by atoms with E-state index in [-0.39, 0.29) is 11.1 Å². The van der Waals surface area contributed by atoms with E-state index >= 15 is 0 Å². The lowest BCUT2D eigenvalue weighted by atomic mass is 10.0. The van der Waals surface area contributed by atoms with Crippen LogP contribution >= 0.6 is 0 Å². The molecule has 20 heavy (non-hydrogen) atoms. The molecule has 6 nitrogen and oxygen atoms in total. The van der Waals surface area contributed by atoms with Gasteiger partial charge in [0.05, 0.1) is 0 Å². The number of hydrogen-bond donors (Lipinski definition) is 1. The van der Waals surface area contributed by atoms with Crippen molar-refractivity contribution in [2.75, 3.05) is 19.6 Å².